The summed E-state index contributed by atoms with van der Waals surface area (Å²) in [6.07, 6.45) is 9.57. The molecule has 0 spiro atoms. The summed E-state index contributed by atoms with van der Waals surface area (Å²) in [5, 5.41) is 2.66. The predicted octanol–water partition coefficient (Wildman–Crippen LogP) is 6.42. The molecule has 3 aromatic carbocycles. The standard InChI is InChI=1S/C9H7.C8H8.C7H9.Zr/c1-2-5-9-7-3-6-8(9)4-1;1-2-8-6-4-3-5-7-8;1-2-7-5-3-4-6-7;/h1-7H;3-7H,1H3;5-6H,2-3H2,1H3;/q-1;;-1;+2. The summed E-state index contributed by atoms with van der Waals surface area (Å²) in [5.41, 5.74) is 2.80. The molecular weight excluding hydrogens is 379 g/mol. The van der Waals surface area contributed by atoms with E-state index in [2.05, 4.69) is 98.8 Å². The maximum Gasteiger partial charge on any atom is -0.0809 e. The molecule has 0 saturated carbocycles. The fourth-order valence-electron chi connectivity index (χ4n) is 2.44. The normalized spacial score (nSPS) is 11.9. The van der Waals surface area contributed by atoms with Gasteiger partial charge < -0.3 is 0 Å². The maximum absolute atomic E-state index is 3.11. The van der Waals surface area contributed by atoms with Crippen molar-refractivity contribution in [1.29, 1.82) is 0 Å². The van der Waals surface area contributed by atoms with Gasteiger partial charge in [-0.2, -0.15) is 23.6 Å². The third-order valence-corrected chi connectivity index (χ3v) is 4.64. The molecular formula is C24H24Zr. The van der Waals surface area contributed by atoms with Crippen LogP contribution >= 0.6 is 0 Å². The van der Waals surface area contributed by atoms with Crippen LogP contribution in [0.3, 0.4) is 0 Å². The van der Waals surface area contributed by atoms with Crippen molar-refractivity contribution in [1.82, 2.24) is 0 Å². The molecule has 0 heterocycles. The second-order valence-electron chi connectivity index (χ2n) is 5.83. The first-order chi connectivity index (χ1) is 12.2. The van der Waals surface area contributed by atoms with Crippen LogP contribution in [0.4, 0.5) is 0 Å². The van der Waals surface area contributed by atoms with Crippen molar-refractivity contribution in [2.24, 2.45) is 0 Å². The first-order valence-electron chi connectivity index (χ1n) is 8.67. The summed E-state index contributed by atoms with van der Waals surface area (Å²) in [4.78, 5) is 0. The fourth-order valence-corrected chi connectivity index (χ4v) is 2.85. The molecule has 0 aromatic heterocycles. The van der Waals surface area contributed by atoms with Crippen LogP contribution in [0.2, 0.25) is 0 Å². The summed E-state index contributed by atoms with van der Waals surface area (Å²) in [5.74, 6) is 0. The summed E-state index contributed by atoms with van der Waals surface area (Å²) in [6.45, 7) is 4.32. The van der Waals surface area contributed by atoms with Gasteiger partial charge in [0.1, 0.15) is 0 Å². The Hall–Kier alpha value is -1.72. The molecule has 0 amide bonds. The van der Waals surface area contributed by atoms with Gasteiger partial charge in [-0.05, 0) is 0 Å². The van der Waals surface area contributed by atoms with Crippen LogP contribution < -0.4 is 0 Å². The molecule has 0 atom stereocenters. The molecule has 124 valence electrons. The van der Waals surface area contributed by atoms with Crippen molar-refractivity contribution in [3.05, 3.63) is 102 Å². The van der Waals surface area contributed by atoms with E-state index in [1.807, 2.05) is 6.07 Å². The van der Waals surface area contributed by atoms with Gasteiger partial charge in [-0.1, -0.05) is 19.4 Å². The third kappa shape index (κ3) is 6.96. The van der Waals surface area contributed by atoms with E-state index >= 15 is 0 Å². The smallest absolute Gasteiger partial charge is 0.0809 e. The average Bonchev–Trinajstić information content (AvgIpc) is 3.35. The molecule has 0 unspecified atom stereocenters. The Morgan fingerprint density at radius 3 is 2.28 bits per heavy atom. The first-order valence-corrected chi connectivity index (χ1v) is 9.90. The monoisotopic (exact) mass is 402 g/mol. The van der Waals surface area contributed by atoms with Crippen LogP contribution in [0.5, 0.6) is 0 Å². The second-order valence-corrected chi connectivity index (χ2v) is 7.67. The van der Waals surface area contributed by atoms with E-state index in [9.17, 15) is 0 Å². The van der Waals surface area contributed by atoms with Gasteiger partial charge in [-0.3, -0.25) is 6.08 Å². The van der Waals surface area contributed by atoms with E-state index in [1.165, 1.54) is 49.4 Å². The SMILES string of the molecule is CCC1=CC[C-]=C1.C[C](=[Zr+2])c1ccccc1.c1ccc2[cH-]ccc2c1. The molecule has 1 aliphatic carbocycles. The Labute approximate surface area is 166 Å². The fraction of sp³-hybridized carbons (Fsp3) is 0.167. The Kier molecular flexibility index (Phi) is 8.63. The minimum Gasteiger partial charge on any atom is -0.168 e. The van der Waals surface area contributed by atoms with E-state index in [4.69, 9.17) is 0 Å². The van der Waals surface area contributed by atoms with E-state index in [0.29, 0.717) is 0 Å². The molecule has 25 heavy (non-hydrogen) atoms. The van der Waals surface area contributed by atoms with Crippen molar-refractivity contribution in [2.45, 2.75) is 26.7 Å². The van der Waals surface area contributed by atoms with Crippen LogP contribution in [0.1, 0.15) is 32.3 Å². The van der Waals surface area contributed by atoms with Gasteiger partial charge >= 0.3 is 70.3 Å². The van der Waals surface area contributed by atoms with Crippen LogP contribution in [0.25, 0.3) is 10.8 Å². The zero-order valence-electron chi connectivity index (χ0n) is 15.0. The third-order valence-electron chi connectivity index (χ3n) is 3.93. The number of rotatable bonds is 2. The Bertz CT molecular complexity index is 804. The molecule has 4 rings (SSSR count). The van der Waals surface area contributed by atoms with Gasteiger partial charge in [0.2, 0.25) is 0 Å². The van der Waals surface area contributed by atoms with E-state index in [0.717, 1.165) is 12.8 Å². The topological polar surface area (TPSA) is 0 Å². The van der Waals surface area contributed by atoms with E-state index in [-0.39, 0.29) is 0 Å². The number of allylic oxidation sites excluding steroid dienone is 4. The molecule has 0 saturated heterocycles. The van der Waals surface area contributed by atoms with Gasteiger partial charge in [0.25, 0.3) is 0 Å². The minimum absolute atomic E-state index is 1.03. The number of hydrogen-bond donors (Lipinski definition) is 0. The van der Waals surface area contributed by atoms with E-state index < -0.39 is 0 Å². The van der Waals surface area contributed by atoms with Crippen molar-refractivity contribution >= 4 is 14.0 Å². The van der Waals surface area contributed by atoms with Crippen LogP contribution in [0.15, 0.2) is 90.5 Å². The summed E-state index contributed by atoms with van der Waals surface area (Å²) in [6, 6.07) is 25.1. The molecule has 1 aliphatic rings. The molecule has 0 radical (unpaired) electrons. The first kappa shape index (κ1) is 19.6. The molecule has 0 fully saturated rings. The number of hydrogen-bond acceptors (Lipinski definition) is 0. The number of benzene rings is 2. The average molecular weight is 404 g/mol. The summed E-state index contributed by atoms with van der Waals surface area (Å²) in [7, 11) is 0. The van der Waals surface area contributed by atoms with Crippen LogP contribution in [0, 0.1) is 6.08 Å². The van der Waals surface area contributed by atoms with Gasteiger partial charge in [-0.15, -0.1) is 36.1 Å². The van der Waals surface area contributed by atoms with Crippen molar-refractivity contribution in [3.63, 3.8) is 0 Å². The summed E-state index contributed by atoms with van der Waals surface area (Å²) >= 11 is 1.51. The van der Waals surface area contributed by atoms with Gasteiger partial charge in [0, 0.05) is 0 Å². The number of fused-ring (bicyclic) bond motifs is 1. The van der Waals surface area contributed by atoms with Crippen molar-refractivity contribution in [2.75, 3.05) is 0 Å². The van der Waals surface area contributed by atoms with Gasteiger partial charge in [0.15, 0.2) is 0 Å². The Morgan fingerprint density at radius 2 is 1.76 bits per heavy atom. The zero-order chi connectivity index (χ0) is 17.9. The second kappa shape index (κ2) is 11.0. The molecule has 1 heteroatoms. The van der Waals surface area contributed by atoms with Crippen molar-refractivity contribution < 1.29 is 24.2 Å². The minimum atomic E-state index is 1.03. The predicted molar refractivity (Wildman–Crippen MR) is 107 cm³/mol. The zero-order valence-corrected chi connectivity index (χ0v) is 17.5. The van der Waals surface area contributed by atoms with E-state index in [1.54, 1.807) is 0 Å². The molecule has 0 nitrogen and oxygen atoms in total. The largest absolute Gasteiger partial charge is 0.168 e. The Morgan fingerprint density at radius 1 is 1.04 bits per heavy atom. The van der Waals surface area contributed by atoms with Gasteiger partial charge in [0.05, 0.1) is 0 Å². The maximum atomic E-state index is 3.11. The quantitative estimate of drug-likeness (QED) is 0.433. The summed E-state index contributed by atoms with van der Waals surface area (Å²) < 4.78 is 1.46. The molecule has 0 aliphatic heterocycles. The Balaban J connectivity index is 0.000000137. The van der Waals surface area contributed by atoms with Crippen LogP contribution in [-0.4, -0.2) is 3.21 Å². The molecule has 0 N–H and O–H groups in total. The van der Waals surface area contributed by atoms with Crippen molar-refractivity contribution in [3.8, 4) is 0 Å². The van der Waals surface area contributed by atoms with Gasteiger partial charge in [-0.25, -0.2) is 11.6 Å². The molecule has 0 bridgehead atoms. The van der Waals surface area contributed by atoms with Crippen LogP contribution in [-0.2, 0) is 24.2 Å². The molecule has 3 aromatic rings.